The van der Waals surface area contributed by atoms with Gasteiger partial charge in [-0.15, -0.1) is 9.89 Å². The fraction of sp³-hybridized carbons (Fsp3) is 0.308. The zero-order valence-electron chi connectivity index (χ0n) is 10.5. The number of anilines is 1. The van der Waals surface area contributed by atoms with Crippen LogP contribution in [-0.4, -0.2) is 47.4 Å². The second-order valence-electron chi connectivity index (χ2n) is 4.25. The van der Waals surface area contributed by atoms with Crippen molar-refractivity contribution in [2.24, 2.45) is 5.10 Å². The van der Waals surface area contributed by atoms with Gasteiger partial charge in [-0.25, -0.2) is 4.98 Å². The van der Waals surface area contributed by atoms with Crippen molar-refractivity contribution in [3.63, 3.8) is 0 Å². The number of ether oxygens (including phenoxy) is 1. The van der Waals surface area contributed by atoms with Gasteiger partial charge in [-0.1, -0.05) is 12.1 Å². The van der Waals surface area contributed by atoms with Gasteiger partial charge in [0, 0.05) is 18.8 Å². The Morgan fingerprint density at radius 2 is 1.95 bits per heavy atom. The van der Waals surface area contributed by atoms with E-state index >= 15 is 0 Å². The first-order chi connectivity index (χ1) is 9.42. The van der Waals surface area contributed by atoms with Crippen LogP contribution in [0.5, 0.6) is 0 Å². The Kier molecular flexibility index (Phi) is 3.51. The molecule has 0 spiro atoms. The highest BCUT2D eigenvalue weighted by Crippen LogP contribution is 2.15. The van der Waals surface area contributed by atoms with E-state index in [1.54, 1.807) is 12.5 Å². The number of rotatable bonds is 3. The van der Waals surface area contributed by atoms with Crippen molar-refractivity contribution in [2.75, 3.05) is 31.2 Å². The number of aromatic nitrogens is 3. The normalized spacial score (nSPS) is 16.1. The summed E-state index contributed by atoms with van der Waals surface area (Å²) in [6.07, 6.45) is 4.77. The summed E-state index contributed by atoms with van der Waals surface area (Å²) in [4.78, 5) is 7.58. The topological polar surface area (TPSA) is 55.5 Å². The number of hydrogen-bond acceptors (Lipinski definition) is 5. The molecule has 1 saturated heterocycles. The molecule has 2 heterocycles. The summed E-state index contributed by atoms with van der Waals surface area (Å²) in [5.74, 6) is 0. The van der Waals surface area contributed by atoms with Crippen LogP contribution in [0.4, 0.5) is 5.69 Å². The molecular weight excluding hydrogens is 242 g/mol. The summed E-state index contributed by atoms with van der Waals surface area (Å²) in [6, 6.07) is 8.30. The SMILES string of the molecule is C(=N\n1cncn1)/c1ccc(N2CCOCC2)cc1. The van der Waals surface area contributed by atoms with E-state index in [0.29, 0.717) is 0 Å². The van der Waals surface area contributed by atoms with E-state index in [2.05, 4.69) is 32.2 Å². The molecule has 0 atom stereocenters. The van der Waals surface area contributed by atoms with Crippen molar-refractivity contribution in [1.82, 2.24) is 14.9 Å². The first-order valence-electron chi connectivity index (χ1n) is 6.23. The first-order valence-corrected chi connectivity index (χ1v) is 6.23. The third-order valence-electron chi connectivity index (χ3n) is 3.00. The molecule has 0 N–H and O–H groups in total. The molecule has 0 amide bonds. The van der Waals surface area contributed by atoms with E-state index in [9.17, 15) is 0 Å². The highest BCUT2D eigenvalue weighted by atomic mass is 16.5. The van der Waals surface area contributed by atoms with Crippen LogP contribution in [0, 0.1) is 0 Å². The molecule has 2 aromatic rings. The molecule has 1 aromatic carbocycles. The Bertz CT molecular complexity index is 529. The van der Waals surface area contributed by atoms with Crippen LogP contribution in [0.25, 0.3) is 0 Å². The molecule has 3 rings (SSSR count). The Morgan fingerprint density at radius 1 is 1.16 bits per heavy atom. The number of morpholine rings is 1. The smallest absolute Gasteiger partial charge is 0.139 e. The third-order valence-corrected chi connectivity index (χ3v) is 3.00. The monoisotopic (exact) mass is 257 g/mol. The van der Waals surface area contributed by atoms with E-state index in [1.807, 2.05) is 12.1 Å². The summed E-state index contributed by atoms with van der Waals surface area (Å²) in [7, 11) is 0. The third kappa shape index (κ3) is 2.97. The van der Waals surface area contributed by atoms with Crippen molar-refractivity contribution in [2.45, 2.75) is 0 Å². The van der Waals surface area contributed by atoms with Gasteiger partial charge in [0.1, 0.15) is 12.7 Å². The maximum Gasteiger partial charge on any atom is 0.139 e. The lowest BCUT2D eigenvalue weighted by molar-refractivity contribution is 0.122. The number of nitrogens with zero attached hydrogens (tertiary/aromatic N) is 5. The summed E-state index contributed by atoms with van der Waals surface area (Å²) in [5, 5.41) is 8.07. The zero-order chi connectivity index (χ0) is 12.9. The van der Waals surface area contributed by atoms with Crippen molar-refractivity contribution in [3.8, 4) is 0 Å². The molecule has 1 aliphatic heterocycles. The molecule has 0 radical (unpaired) electrons. The van der Waals surface area contributed by atoms with Gasteiger partial charge in [0.15, 0.2) is 0 Å². The molecule has 0 bridgehead atoms. The quantitative estimate of drug-likeness (QED) is 0.770. The van der Waals surface area contributed by atoms with Crippen LogP contribution in [-0.2, 0) is 4.74 Å². The van der Waals surface area contributed by atoms with Crippen molar-refractivity contribution in [3.05, 3.63) is 42.5 Å². The van der Waals surface area contributed by atoms with Gasteiger partial charge < -0.3 is 9.64 Å². The van der Waals surface area contributed by atoms with Gasteiger partial charge in [-0.3, -0.25) is 0 Å². The Labute approximate surface area is 111 Å². The Balaban J connectivity index is 1.68. The summed E-state index contributed by atoms with van der Waals surface area (Å²) in [6.45, 7) is 3.50. The van der Waals surface area contributed by atoms with Crippen LogP contribution in [0.3, 0.4) is 0 Å². The predicted octanol–water partition coefficient (Wildman–Crippen LogP) is 0.997. The van der Waals surface area contributed by atoms with Crippen LogP contribution < -0.4 is 4.90 Å². The minimum atomic E-state index is 0.801. The highest BCUT2D eigenvalue weighted by molar-refractivity contribution is 5.80. The molecular formula is C13H15N5O. The van der Waals surface area contributed by atoms with Gasteiger partial charge in [0.2, 0.25) is 0 Å². The summed E-state index contributed by atoms with van der Waals surface area (Å²) in [5.41, 5.74) is 2.26. The molecule has 19 heavy (non-hydrogen) atoms. The maximum atomic E-state index is 5.35. The standard InChI is InChI=1S/C13H15N5O/c1-3-13(17-5-7-19-8-6-17)4-2-12(1)9-15-18-11-14-10-16-18/h1-4,9-11H,5-8H2/b15-9+. The van der Waals surface area contributed by atoms with Crippen molar-refractivity contribution in [1.29, 1.82) is 0 Å². The van der Waals surface area contributed by atoms with E-state index in [-0.39, 0.29) is 0 Å². The van der Waals surface area contributed by atoms with E-state index < -0.39 is 0 Å². The van der Waals surface area contributed by atoms with Gasteiger partial charge in [0.05, 0.1) is 19.4 Å². The number of benzene rings is 1. The lowest BCUT2D eigenvalue weighted by atomic mass is 10.2. The molecule has 0 saturated carbocycles. The van der Waals surface area contributed by atoms with E-state index in [4.69, 9.17) is 4.74 Å². The van der Waals surface area contributed by atoms with Gasteiger partial charge in [-0.05, 0) is 17.7 Å². The van der Waals surface area contributed by atoms with Crippen molar-refractivity contribution >= 4 is 11.9 Å². The van der Waals surface area contributed by atoms with Crippen LogP contribution in [0.15, 0.2) is 42.0 Å². The zero-order valence-corrected chi connectivity index (χ0v) is 10.5. The molecule has 6 nitrogen and oxygen atoms in total. The summed E-state index contributed by atoms with van der Waals surface area (Å²) < 4.78 is 5.35. The molecule has 1 fully saturated rings. The van der Waals surface area contributed by atoms with E-state index in [1.165, 1.54) is 16.8 Å². The van der Waals surface area contributed by atoms with Crippen LogP contribution in [0.1, 0.15) is 5.56 Å². The molecule has 6 heteroatoms. The molecule has 1 aromatic heterocycles. The highest BCUT2D eigenvalue weighted by Gasteiger charge is 2.10. The second-order valence-corrected chi connectivity index (χ2v) is 4.25. The fourth-order valence-corrected chi connectivity index (χ4v) is 1.98. The summed E-state index contributed by atoms with van der Waals surface area (Å²) >= 11 is 0. The average molecular weight is 257 g/mol. The minimum Gasteiger partial charge on any atom is -0.378 e. The maximum absolute atomic E-state index is 5.35. The molecule has 1 aliphatic rings. The first kappa shape index (κ1) is 11.9. The Morgan fingerprint density at radius 3 is 2.63 bits per heavy atom. The van der Waals surface area contributed by atoms with E-state index in [0.717, 1.165) is 31.9 Å². The molecule has 0 aliphatic carbocycles. The second kappa shape index (κ2) is 5.62. The van der Waals surface area contributed by atoms with Crippen LogP contribution in [0.2, 0.25) is 0 Å². The van der Waals surface area contributed by atoms with Gasteiger partial charge >= 0.3 is 0 Å². The van der Waals surface area contributed by atoms with Gasteiger partial charge in [-0.2, -0.15) is 5.10 Å². The largest absolute Gasteiger partial charge is 0.378 e. The lowest BCUT2D eigenvalue weighted by Gasteiger charge is -2.28. The average Bonchev–Trinajstić information content (AvgIpc) is 3.00. The molecule has 98 valence electrons. The fourth-order valence-electron chi connectivity index (χ4n) is 1.98. The van der Waals surface area contributed by atoms with Crippen LogP contribution >= 0.6 is 0 Å². The number of hydrogen-bond donors (Lipinski definition) is 0. The minimum absolute atomic E-state index is 0.801. The van der Waals surface area contributed by atoms with Crippen molar-refractivity contribution < 1.29 is 4.74 Å². The molecule has 0 unspecified atom stereocenters. The Hall–Kier alpha value is -2.21. The predicted molar refractivity (Wildman–Crippen MR) is 72.5 cm³/mol. The van der Waals surface area contributed by atoms with Gasteiger partial charge in [0.25, 0.3) is 0 Å². The lowest BCUT2D eigenvalue weighted by Crippen LogP contribution is -2.36.